The highest BCUT2D eigenvalue weighted by molar-refractivity contribution is 5.91. The monoisotopic (exact) mass is 627 g/mol. The van der Waals surface area contributed by atoms with Crippen LogP contribution in [0.2, 0.25) is 0 Å². The summed E-state index contributed by atoms with van der Waals surface area (Å²) in [6.45, 7) is 10.2. The van der Waals surface area contributed by atoms with Gasteiger partial charge in [-0.25, -0.2) is 24.2 Å². The number of anilines is 3. The SMILES string of the molecule is COc1ccc(Cn2nc(N3CCCc4cc(C(=O)O)ccc43)c3ncc(N4CCC(C)(NC(=O)OC(C)(C)C)CC4)nc32)cc1. The molecule has 12 heteroatoms. The van der Waals surface area contributed by atoms with Crippen molar-refractivity contribution in [2.24, 2.45) is 0 Å². The van der Waals surface area contributed by atoms with Gasteiger partial charge in [0.15, 0.2) is 17.0 Å². The van der Waals surface area contributed by atoms with Crippen LogP contribution in [0.4, 0.5) is 22.1 Å². The average Bonchev–Trinajstić information content (AvgIpc) is 3.37. The third-order valence-corrected chi connectivity index (χ3v) is 8.60. The molecule has 0 saturated carbocycles. The van der Waals surface area contributed by atoms with E-state index in [2.05, 4.69) is 22.0 Å². The predicted molar refractivity (Wildman–Crippen MR) is 175 cm³/mol. The summed E-state index contributed by atoms with van der Waals surface area (Å²) in [5, 5.41) is 17.7. The van der Waals surface area contributed by atoms with Gasteiger partial charge in [-0.1, -0.05) is 12.1 Å². The summed E-state index contributed by atoms with van der Waals surface area (Å²) < 4.78 is 12.7. The van der Waals surface area contributed by atoms with Gasteiger partial charge >= 0.3 is 12.1 Å². The van der Waals surface area contributed by atoms with Gasteiger partial charge in [0.05, 0.1) is 25.4 Å². The molecule has 0 unspecified atom stereocenters. The number of aromatic carboxylic acids is 1. The van der Waals surface area contributed by atoms with Crippen molar-refractivity contribution in [1.82, 2.24) is 25.1 Å². The van der Waals surface area contributed by atoms with Crippen molar-refractivity contribution >= 4 is 40.5 Å². The van der Waals surface area contributed by atoms with Crippen LogP contribution in [0.3, 0.4) is 0 Å². The quantitative estimate of drug-likeness (QED) is 0.269. The molecule has 0 bridgehead atoms. The van der Waals surface area contributed by atoms with Gasteiger partial charge in [0.2, 0.25) is 0 Å². The second-order valence-electron chi connectivity index (χ2n) is 13.3. The molecule has 12 nitrogen and oxygen atoms in total. The number of fused-ring (bicyclic) bond motifs is 2. The number of benzene rings is 2. The van der Waals surface area contributed by atoms with Gasteiger partial charge in [0, 0.05) is 30.9 Å². The second-order valence-corrected chi connectivity index (χ2v) is 13.3. The summed E-state index contributed by atoms with van der Waals surface area (Å²) >= 11 is 0. The van der Waals surface area contributed by atoms with E-state index in [1.807, 2.05) is 55.8 Å². The lowest BCUT2D eigenvalue weighted by atomic mass is 9.90. The van der Waals surface area contributed by atoms with Crippen molar-refractivity contribution in [1.29, 1.82) is 0 Å². The van der Waals surface area contributed by atoms with Gasteiger partial charge in [-0.3, -0.25) is 0 Å². The first-order valence-corrected chi connectivity index (χ1v) is 15.7. The first kappa shape index (κ1) is 31.1. The molecular formula is C34H41N7O5. The van der Waals surface area contributed by atoms with E-state index in [0.29, 0.717) is 36.6 Å². The zero-order valence-corrected chi connectivity index (χ0v) is 27.0. The summed E-state index contributed by atoms with van der Waals surface area (Å²) in [6, 6.07) is 13.1. The summed E-state index contributed by atoms with van der Waals surface area (Å²) in [5.41, 5.74) is 3.63. The number of rotatable bonds is 7. The van der Waals surface area contributed by atoms with Crippen LogP contribution in [0.5, 0.6) is 5.75 Å². The summed E-state index contributed by atoms with van der Waals surface area (Å²) in [6.07, 6.45) is 4.50. The Morgan fingerprint density at radius 1 is 1.07 bits per heavy atom. The fourth-order valence-electron chi connectivity index (χ4n) is 6.12. The fourth-order valence-corrected chi connectivity index (χ4v) is 6.12. The van der Waals surface area contributed by atoms with E-state index < -0.39 is 17.7 Å². The fraction of sp³-hybridized carbons (Fsp3) is 0.441. The lowest BCUT2D eigenvalue weighted by Crippen LogP contribution is -2.54. The molecule has 2 N–H and O–H groups in total. The number of carbonyl (C=O) groups is 2. The molecule has 2 aromatic carbocycles. The minimum atomic E-state index is -0.939. The molecule has 2 aliphatic heterocycles. The Morgan fingerprint density at radius 3 is 2.48 bits per heavy atom. The molecular weight excluding hydrogens is 586 g/mol. The number of amides is 1. The number of carboxylic acid groups (broad SMARTS) is 1. The van der Waals surface area contributed by atoms with Gasteiger partial charge in [-0.2, -0.15) is 5.10 Å². The van der Waals surface area contributed by atoms with E-state index >= 15 is 0 Å². The number of ether oxygens (including phenoxy) is 2. The Kier molecular flexibility index (Phi) is 8.22. The maximum Gasteiger partial charge on any atom is 0.408 e. The van der Waals surface area contributed by atoms with Crippen LogP contribution < -0.4 is 19.9 Å². The number of nitrogens with zero attached hydrogens (tertiary/aromatic N) is 6. The van der Waals surface area contributed by atoms with Gasteiger partial charge in [-0.15, -0.1) is 0 Å². The molecule has 0 aliphatic carbocycles. The van der Waals surface area contributed by atoms with Crippen molar-refractivity contribution < 1.29 is 24.2 Å². The molecule has 2 aromatic heterocycles. The van der Waals surface area contributed by atoms with E-state index in [4.69, 9.17) is 24.5 Å². The molecule has 4 heterocycles. The normalized spacial score (nSPS) is 16.2. The van der Waals surface area contributed by atoms with E-state index in [9.17, 15) is 14.7 Å². The zero-order valence-electron chi connectivity index (χ0n) is 27.0. The van der Waals surface area contributed by atoms with Gasteiger partial charge in [0.25, 0.3) is 0 Å². The first-order chi connectivity index (χ1) is 21.9. The number of hydrogen-bond donors (Lipinski definition) is 2. The zero-order chi connectivity index (χ0) is 32.6. The highest BCUT2D eigenvalue weighted by atomic mass is 16.6. The Balaban J connectivity index is 1.31. The van der Waals surface area contributed by atoms with Crippen LogP contribution in [0.25, 0.3) is 11.2 Å². The molecule has 46 heavy (non-hydrogen) atoms. The van der Waals surface area contributed by atoms with Crippen molar-refractivity contribution in [3.8, 4) is 5.75 Å². The smallest absolute Gasteiger partial charge is 0.408 e. The molecule has 0 radical (unpaired) electrons. The molecule has 0 spiro atoms. The Bertz CT molecular complexity index is 1750. The van der Waals surface area contributed by atoms with Crippen LogP contribution in [0, 0.1) is 0 Å². The van der Waals surface area contributed by atoms with Crippen molar-refractivity contribution in [2.75, 3.05) is 36.5 Å². The van der Waals surface area contributed by atoms with Crippen LogP contribution in [-0.4, -0.2) is 74.8 Å². The summed E-state index contributed by atoms with van der Waals surface area (Å²) in [7, 11) is 1.64. The minimum absolute atomic E-state index is 0.277. The number of piperidine rings is 1. The lowest BCUT2D eigenvalue weighted by molar-refractivity contribution is 0.0447. The number of alkyl carbamates (subject to hydrolysis) is 1. The second kappa shape index (κ2) is 12.1. The standard InChI is InChI=1S/C34H41N7O5/c1-33(2,3)46-32(44)37-34(4)14-17-39(18-15-34)27-20-35-28-29(36-27)41(21-22-8-11-25(45-5)12-9-22)38-30(28)40-16-6-7-23-19-24(31(42)43)10-13-26(23)40/h8-13,19-20H,6-7,14-18,21H2,1-5H3,(H,37,44)(H,42,43). The number of methoxy groups -OCH3 is 1. The van der Waals surface area contributed by atoms with Crippen molar-refractivity contribution in [2.45, 2.75) is 71.1 Å². The van der Waals surface area contributed by atoms with E-state index in [1.54, 1.807) is 25.4 Å². The maximum absolute atomic E-state index is 12.5. The minimum Gasteiger partial charge on any atom is -0.497 e. The van der Waals surface area contributed by atoms with E-state index in [1.165, 1.54) is 0 Å². The molecule has 242 valence electrons. The molecule has 1 amide bonds. The third kappa shape index (κ3) is 6.56. The predicted octanol–water partition coefficient (Wildman–Crippen LogP) is 5.55. The number of aromatic nitrogens is 4. The van der Waals surface area contributed by atoms with E-state index in [-0.39, 0.29) is 11.1 Å². The van der Waals surface area contributed by atoms with Gasteiger partial charge in [0.1, 0.15) is 17.2 Å². The van der Waals surface area contributed by atoms with Gasteiger partial charge in [-0.05, 0) is 94.8 Å². The van der Waals surface area contributed by atoms with Crippen LogP contribution in [0.15, 0.2) is 48.7 Å². The Hall–Kier alpha value is -4.87. The maximum atomic E-state index is 12.5. The molecule has 6 rings (SSSR count). The number of aryl methyl sites for hydroxylation is 1. The van der Waals surface area contributed by atoms with Crippen LogP contribution >= 0.6 is 0 Å². The summed E-state index contributed by atoms with van der Waals surface area (Å²) in [4.78, 5) is 38.5. The number of nitrogens with one attached hydrogen (secondary N) is 1. The largest absolute Gasteiger partial charge is 0.497 e. The molecule has 1 fully saturated rings. The molecule has 4 aromatic rings. The molecule has 2 aliphatic rings. The van der Waals surface area contributed by atoms with Gasteiger partial charge < -0.3 is 29.7 Å². The van der Waals surface area contributed by atoms with Crippen molar-refractivity contribution in [3.05, 3.63) is 65.4 Å². The highest BCUT2D eigenvalue weighted by Crippen LogP contribution is 2.37. The number of carbonyl (C=O) groups excluding carboxylic acids is 1. The Labute approximate surface area is 268 Å². The van der Waals surface area contributed by atoms with E-state index in [0.717, 1.165) is 60.6 Å². The van der Waals surface area contributed by atoms with Crippen LogP contribution in [0.1, 0.15) is 68.4 Å². The lowest BCUT2D eigenvalue weighted by Gasteiger charge is -2.40. The first-order valence-electron chi connectivity index (χ1n) is 15.7. The number of hydrogen-bond acceptors (Lipinski definition) is 9. The van der Waals surface area contributed by atoms with Crippen molar-refractivity contribution in [3.63, 3.8) is 0 Å². The topological polar surface area (TPSA) is 135 Å². The summed E-state index contributed by atoms with van der Waals surface area (Å²) in [5.74, 6) is 1.28. The average molecular weight is 628 g/mol. The highest BCUT2D eigenvalue weighted by Gasteiger charge is 2.34. The Morgan fingerprint density at radius 2 is 1.80 bits per heavy atom. The van der Waals surface area contributed by atoms with Crippen LogP contribution in [-0.2, 0) is 17.7 Å². The molecule has 0 atom stereocenters. The third-order valence-electron chi connectivity index (χ3n) is 8.60. The molecule has 1 saturated heterocycles. The number of carboxylic acids is 1.